The Bertz CT molecular complexity index is 976. The second-order valence-corrected chi connectivity index (χ2v) is 8.02. The van der Waals surface area contributed by atoms with Gasteiger partial charge < -0.3 is 9.64 Å². The van der Waals surface area contributed by atoms with Crippen molar-refractivity contribution in [1.29, 1.82) is 0 Å². The molecule has 0 N–H and O–H groups in total. The van der Waals surface area contributed by atoms with Crippen LogP contribution in [0.3, 0.4) is 0 Å². The van der Waals surface area contributed by atoms with E-state index in [1.165, 1.54) is 0 Å². The largest absolute Gasteiger partial charge is 0.448 e. The molecule has 4 rings (SSSR count). The van der Waals surface area contributed by atoms with Crippen LogP contribution >= 0.6 is 11.3 Å². The Morgan fingerprint density at radius 3 is 2.52 bits per heavy atom. The van der Waals surface area contributed by atoms with E-state index in [0.29, 0.717) is 11.4 Å². The number of piperidine rings is 1. The minimum absolute atomic E-state index is 0.137. The van der Waals surface area contributed by atoms with Crippen molar-refractivity contribution in [1.82, 2.24) is 14.7 Å². The normalized spacial score (nSPS) is 15.1. The van der Waals surface area contributed by atoms with E-state index in [1.54, 1.807) is 33.9 Å². The SMILES string of the molecule is C[C@@H](OC(=O)c1cc(-c2cccs2)nn1-c1ccccc1)C(=O)N1CCCCC1. The van der Waals surface area contributed by atoms with Crippen molar-refractivity contribution in [3.05, 3.63) is 59.6 Å². The van der Waals surface area contributed by atoms with Gasteiger partial charge in [-0.3, -0.25) is 4.79 Å². The molecule has 29 heavy (non-hydrogen) atoms. The molecular weight excluding hydrogens is 386 g/mol. The zero-order valence-corrected chi connectivity index (χ0v) is 17.1. The molecule has 6 nitrogen and oxygen atoms in total. The summed E-state index contributed by atoms with van der Waals surface area (Å²) in [6, 6.07) is 15.1. The van der Waals surface area contributed by atoms with Crippen LogP contribution in [-0.2, 0) is 9.53 Å². The summed E-state index contributed by atoms with van der Waals surface area (Å²) in [6.07, 6.45) is 2.30. The Labute approximate surface area is 173 Å². The molecule has 0 bridgehead atoms. The predicted octanol–water partition coefficient (Wildman–Crippen LogP) is 4.16. The molecular formula is C22H23N3O3S. The van der Waals surface area contributed by atoms with Gasteiger partial charge in [0.25, 0.3) is 5.91 Å². The number of amides is 1. The number of rotatable bonds is 5. The summed E-state index contributed by atoms with van der Waals surface area (Å²) < 4.78 is 7.14. The lowest BCUT2D eigenvalue weighted by Crippen LogP contribution is -2.42. The zero-order valence-electron chi connectivity index (χ0n) is 16.3. The van der Waals surface area contributed by atoms with Crippen LogP contribution in [0.15, 0.2) is 53.9 Å². The number of benzene rings is 1. The average molecular weight is 410 g/mol. The van der Waals surface area contributed by atoms with Crippen LogP contribution < -0.4 is 0 Å². The van der Waals surface area contributed by atoms with Crippen LogP contribution in [0, 0.1) is 0 Å². The Balaban J connectivity index is 1.59. The van der Waals surface area contributed by atoms with E-state index in [1.807, 2.05) is 47.8 Å². The highest BCUT2D eigenvalue weighted by Crippen LogP contribution is 2.26. The zero-order chi connectivity index (χ0) is 20.2. The quantitative estimate of drug-likeness (QED) is 0.594. The van der Waals surface area contributed by atoms with Crippen LogP contribution in [0.4, 0.5) is 0 Å². The highest BCUT2D eigenvalue weighted by Gasteiger charge is 2.27. The van der Waals surface area contributed by atoms with Gasteiger partial charge in [-0.05, 0) is 49.8 Å². The van der Waals surface area contributed by atoms with Gasteiger partial charge in [-0.2, -0.15) is 5.10 Å². The molecule has 3 heterocycles. The minimum Gasteiger partial charge on any atom is -0.448 e. The summed E-state index contributed by atoms with van der Waals surface area (Å²) in [7, 11) is 0. The van der Waals surface area contributed by atoms with Crippen molar-refractivity contribution in [3.63, 3.8) is 0 Å². The molecule has 1 aliphatic heterocycles. The number of para-hydroxylation sites is 1. The molecule has 0 spiro atoms. The maximum Gasteiger partial charge on any atom is 0.357 e. The fraction of sp³-hybridized carbons (Fsp3) is 0.318. The molecule has 0 radical (unpaired) electrons. The summed E-state index contributed by atoms with van der Waals surface area (Å²) in [5.74, 6) is -0.690. The van der Waals surface area contributed by atoms with Crippen molar-refractivity contribution in [2.24, 2.45) is 0 Å². The van der Waals surface area contributed by atoms with Crippen molar-refractivity contribution in [2.45, 2.75) is 32.3 Å². The van der Waals surface area contributed by atoms with Crippen molar-refractivity contribution < 1.29 is 14.3 Å². The van der Waals surface area contributed by atoms with E-state index in [0.717, 1.165) is 42.9 Å². The lowest BCUT2D eigenvalue weighted by molar-refractivity contribution is -0.140. The fourth-order valence-electron chi connectivity index (χ4n) is 3.48. The van der Waals surface area contributed by atoms with Crippen LogP contribution in [0.5, 0.6) is 0 Å². The van der Waals surface area contributed by atoms with Gasteiger partial charge in [0, 0.05) is 19.2 Å². The fourth-order valence-corrected chi connectivity index (χ4v) is 4.16. The predicted molar refractivity (Wildman–Crippen MR) is 112 cm³/mol. The maximum absolute atomic E-state index is 13.0. The number of esters is 1. The lowest BCUT2D eigenvalue weighted by atomic mass is 10.1. The van der Waals surface area contributed by atoms with E-state index in [4.69, 9.17) is 4.74 Å². The van der Waals surface area contributed by atoms with E-state index >= 15 is 0 Å². The van der Waals surface area contributed by atoms with Gasteiger partial charge in [0.15, 0.2) is 11.8 Å². The first kappa shape index (κ1) is 19.4. The third kappa shape index (κ3) is 4.24. The third-order valence-electron chi connectivity index (χ3n) is 4.99. The summed E-state index contributed by atoms with van der Waals surface area (Å²) in [5.41, 5.74) is 1.76. The van der Waals surface area contributed by atoms with Crippen molar-refractivity contribution in [3.8, 4) is 16.3 Å². The first-order valence-corrected chi connectivity index (χ1v) is 10.7. The van der Waals surface area contributed by atoms with Gasteiger partial charge in [0.1, 0.15) is 5.69 Å². The van der Waals surface area contributed by atoms with Gasteiger partial charge in [0.2, 0.25) is 0 Å². The molecule has 2 aromatic heterocycles. The number of likely N-dealkylation sites (tertiary alicyclic amines) is 1. The summed E-state index contributed by atoms with van der Waals surface area (Å²) in [4.78, 5) is 28.4. The number of nitrogens with zero attached hydrogens (tertiary/aromatic N) is 3. The number of carbonyl (C=O) groups excluding carboxylic acids is 2. The minimum atomic E-state index is -0.829. The van der Waals surface area contributed by atoms with E-state index < -0.39 is 12.1 Å². The number of aromatic nitrogens is 2. The number of carbonyl (C=O) groups is 2. The number of hydrogen-bond donors (Lipinski definition) is 0. The number of ether oxygens (including phenoxy) is 1. The molecule has 1 aliphatic rings. The summed E-state index contributed by atoms with van der Waals surface area (Å²) in [6.45, 7) is 3.09. The second kappa shape index (κ2) is 8.61. The Morgan fingerprint density at radius 2 is 1.83 bits per heavy atom. The van der Waals surface area contributed by atoms with Gasteiger partial charge in [-0.25, -0.2) is 9.48 Å². The van der Waals surface area contributed by atoms with E-state index in [9.17, 15) is 9.59 Å². The van der Waals surface area contributed by atoms with Crippen LogP contribution in [0.1, 0.15) is 36.7 Å². The van der Waals surface area contributed by atoms with Crippen LogP contribution in [-0.4, -0.2) is 45.8 Å². The molecule has 1 saturated heterocycles. The Kier molecular flexibility index (Phi) is 5.76. The van der Waals surface area contributed by atoms with Gasteiger partial charge in [-0.15, -0.1) is 11.3 Å². The topological polar surface area (TPSA) is 64.4 Å². The summed E-state index contributed by atoms with van der Waals surface area (Å²) >= 11 is 1.55. The molecule has 1 atom stereocenters. The van der Waals surface area contributed by atoms with Gasteiger partial charge in [-0.1, -0.05) is 24.3 Å². The molecule has 0 saturated carbocycles. The Morgan fingerprint density at radius 1 is 1.07 bits per heavy atom. The highest BCUT2D eigenvalue weighted by atomic mass is 32.1. The highest BCUT2D eigenvalue weighted by molar-refractivity contribution is 7.13. The first-order valence-electron chi connectivity index (χ1n) is 9.82. The van der Waals surface area contributed by atoms with Crippen LogP contribution in [0.25, 0.3) is 16.3 Å². The second-order valence-electron chi connectivity index (χ2n) is 7.07. The van der Waals surface area contributed by atoms with Crippen LogP contribution in [0.2, 0.25) is 0 Å². The summed E-state index contributed by atoms with van der Waals surface area (Å²) in [5, 5.41) is 6.58. The van der Waals surface area contributed by atoms with E-state index in [-0.39, 0.29) is 5.91 Å². The molecule has 1 fully saturated rings. The van der Waals surface area contributed by atoms with Crippen molar-refractivity contribution in [2.75, 3.05) is 13.1 Å². The lowest BCUT2D eigenvalue weighted by Gasteiger charge is -2.28. The Hall–Kier alpha value is -2.93. The molecule has 1 amide bonds. The van der Waals surface area contributed by atoms with Gasteiger partial charge >= 0.3 is 5.97 Å². The molecule has 0 aliphatic carbocycles. The maximum atomic E-state index is 13.0. The molecule has 7 heteroatoms. The average Bonchev–Trinajstić information content (AvgIpc) is 3.44. The molecule has 0 unspecified atom stereocenters. The number of thiophene rings is 1. The first-order chi connectivity index (χ1) is 14.1. The smallest absolute Gasteiger partial charge is 0.357 e. The monoisotopic (exact) mass is 409 g/mol. The standard InChI is InChI=1S/C22H23N3O3S/c1-16(21(26)24-12-6-3-7-13-24)28-22(27)19-15-18(20-11-8-14-29-20)23-25(19)17-9-4-2-5-10-17/h2,4-5,8-11,14-16H,3,6-7,12-13H2,1H3/t16-/m1/s1. The molecule has 1 aromatic carbocycles. The van der Waals surface area contributed by atoms with Crippen molar-refractivity contribution >= 4 is 23.2 Å². The molecule has 150 valence electrons. The third-order valence-corrected chi connectivity index (χ3v) is 5.88. The molecule has 3 aromatic rings. The number of hydrogen-bond acceptors (Lipinski definition) is 5. The van der Waals surface area contributed by atoms with Gasteiger partial charge in [0.05, 0.1) is 10.6 Å². The van der Waals surface area contributed by atoms with E-state index in [2.05, 4.69) is 5.10 Å².